The van der Waals surface area contributed by atoms with Crippen molar-refractivity contribution in [2.45, 2.75) is 58.5 Å². The molecule has 0 aromatic carbocycles. The Morgan fingerprint density at radius 3 is 2.68 bits per heavy atom. The van der Waals surface area contributed by atoms with Crippen LogP contribution < -0.4 is 21.7 Å². The van der Waals surface area contributed by atoms with Crippen LogP contribution in [0.2, 0.25) is 0 Å². The van der Waals surface area contributed by atoms with E-state index in [1.54, 1.807) is 25.2 Å². The van der Waals surface area contributed by atoms with Gasteiger partial charge in [-0.25, -0.2) is 4.79 Å². The first-order chi connectivity index (χ1) is 14.7. The molecular weight excluding hydrogens is 398 g/mol. The normalized spacial score (nSPS) is 23.8. The lowest BCUT2D eigenvalue weighted by Crippen LogP contribution is -2.51. The first-order valence-corrected chi connectivity index (χ1v) is 10.9. The number of ether oxygens (including phenoxy) is 1. The molecule has 2 aliphatic rings. The molecule has 1 fully saturated rings. The third kappa shape index (κ3) is 6.73. The number of alkyl carbamates (subject to hydrolysis) is 1. The predicted molar refractivity (Wildman–Crippen MR) is 119 cm³/mol. The molecule has 0 saturated carbocycles. The second-order valence-electron chi connectivity index (χ2n) is 8.54. The number of amidine groups is 1. The summed E-state index contributed by atoms with van der Waals surface area (Å²) in [5.74, 6) is -0.0749. The highest BCUT2D eigenvalue weighted by Gasteiger charge is 2.42. The van der Waals surface area contributed by atoms with Crippen molar-refractivity contribution in [3.63, 3.8) is 0 Å². The minimum absolute atomic E-state index is 0.0131. The van der Waals surface area contributed by atoms with Crippen molar-refractivity contribution < 1.29 is 19.1 Å². The first-order valence-electron chi connectivity index (χ1n) is 10.9. The molecule has 6 N–H and O–H groups in total. The topological polar surface area (TPSA) is 146 Å². The Morgan fingerprint density at radius 1 is 1.39 bits per heavy atom. The fourth-order valence-electron chi connectivity index (χ4n) is 3.85. The molecule has 9 heteroatoms. The summed E-state index contributed by atoms with van der Waals surface area (Å²) in [7, 11) is 0. The van der Waals surface area contributed by atoms with E-state index in [1.807, 2.05) is 13.8 Å². The van der Waals surface area contributed by atoms with Crippen LogP contribution in [0.5, 0.6) is 0 Å². The second kappa shape index (κ2) is 11.2. The molecule has 31 heavy (non-hydrogen) atoms. The standard InChI is InChI=1S/C22H35N5O4/c1-4-31-21(30)27-19(24)15-7-9-22(10-8-15,18(28)17-6-5-11-25-17)13-26-20(29)16(23)12-14(2)3/h7-9,14,16-17,25H,4-6,10-13,23H2,1-3H3,(H,26,29)(H2,24,27,30)/t16-,17+,22?/m1/s1. The molecule has 1 aliphatic carbocycles. The Hall–Kier alpha value is -2.52. The van der Waals surface area contributed by atoms with Crippen molar-refractivity contribution in [1.82, 2.24) is 16.0 Å². The van der Waals surface area contributed by atoms with E-state index in [-0.39, 0.29) is 42.6 Å². The van der Waals surface area contributed by atoms with Crippen LogP contribution in [0.1, 0.15) is 46.5 Å². The molecule has 3 atom stereocenters. The second-order valence-corrected chi connectivity index (χ2v) is 8.54. The lowest BCUT2D eigenvalue weighted by atomic mass is 9.73. The van der Waals surface area contributed by atoms with E-state index in [4.69, 9.17) is 15.9 Å². The zero-order valence-corrected chi connectivity index (χ0v) is 18.6. The average Bonchev–Trinajstić information content (AvgIpc) is 3.26. The van der Waals surface area contributed by atoms with Gasteiger partial charge in [0.25, 0.3) is 0 Å². The molecule has 0 spiro atoms. The number of carbonyl (C=O) groups is 3. The highest BCUT2D eigenvalue weighted by Crippen LogP contribution is 2.33. The number of ketones is 1. The van der Waals surface area contributed by atoms with Gasteiger partial charge in [0.2, 0.25) is 5.91 Å². The lowest BCUT2D eigenvalue weighted by molar-refractivity contribution is -0.129. The van der Waals surface area contributed by atoms with Gasteiger partial charge in [-0.2, -0.15) is 0 Å². The fraction of sp³-hybridized carbons (Fsp3) is 0.636. The first kappa shape index (κ1) is 24.7. The van der Waals surface area contributed by atoms with E-state index in [0.29, 0.717) is 18.4 Å². The van der Waals surface area contributed by atoms with Crippen LogP contribution in [0.15, 0.2) is 23.8 Å². The van der Waals surface area contributed by atoms with Gasteiger partial charge in [0.15, 0.2) is 5.78 Å². The molecule has 2 rings (SSSR count). The molecule has 1 saturated heterocycles. The summed E-state index contributed by atoms with van der Waals surface area (Å²) in [6, 6.07) is -0.893. The van der Waals surface area contributed by atoms with Gasteiger partial charge < -0.3 is 21.1 Å². The van der Waals surface area contributed by atoms with Crippen molar-refractivity contribution in [1.29, 1.82) is 5.41 Å². The van der Waals surface area contributed by atoms with Crippen LogP contribution in [0, 0.1) is 16.7 Å². The Morgan fingerprint density at radius 2 is 2.13 bits per heavy atom. The van der Waals surface area contributed by atoms with E-state index in [2.05, 4.69) is 16.0 Å². The number of rotatable bonds is 9. The largest absolute Gasteiger partial charge is 0.450 e. The molecule has 0 bridgehead atoms. The summed E-state index contributed by atoms with van der Waals surface area (Å²) in [4.78, 5) is 37.4. The van der Waals surface area contributed by atoms with Gasteiger partial charge in [0, 0.05) is 12.1 Å². The summed E-state index contributed by atoms with van der Waals surface area (Å²) in [6.45, 7) is 6.81. The Balaban J connectivity index is 2.12. The van der Waals surface area contributed by atoms with E-state index in [1.165, 1.54) is 0 Å². The number of hydrogen-bond acceptors (Lipinski definition) is 7. The SMILES string of the molecule is CCOC(=O)NC(=N)C1=CCC(CNC(=O)[C@H](N)CC(C)C)(C(=O)[C@@H]2CCCN2)C=C1. The van der Waals surface area contributed by atoms with Gasteiger partial charge in [0.05, 0.1) is 24.1 Å². The highest BCUT2D eigenvalue weighted by molar-refractivity contribution is 6.06. The number of carbonyl (C=O) groups excluding carboxylic acids is 3. The third-order valence-corrected chi connectivity index (χ3v) is 5.57. The zero-order valence-electron chi connectivity index (χ0n) is 18.6. The number of hydrogen-bond donors (Lipinski definition) is 5. The highest BCUT2D eigenvalue weighted by atomic mass is 16.5. The lowest BCUT2D eigenvalue weighted by Gasteiger charge is -2.34. The molecule has 1 aliphatic heterocycles. The Kier molecular flexibility index (Phi) is 8.94. The summed E-state index contributed by atoms with van der Waals surface area (Å²) >= 11 is 0. The molecule has 1 unspecified atom stereocenters. The number of amides is 2. The fourth-order valence-corrected chi connectivity index (χ4v) is 3.85. The summed E-state index contributed by atoms with van der Waals surface area (Å²) in [6.07, 6.45) is 6.97. The van der Waals surface area contributed by atoms with Crippen molar-refractivity contribution in [2.24, 2.45) is 17.1 Å². The summed E-state index contributed by atoms with van der Waals surface area (Å²) < 4.78 is 4.80. The average molecular weight is 434 g/mol. The number of Topliss-reactive ketones (excluding diaryl/α,β-unsaturated/α-hetero) is 1. The molecule has 9 nitrogen and oxygen atoms in total. The molecule has 0 aromatic rings. The van der Waals surface area contributed by atoms with Crippen LogP contribution >= 0.6 is 0 Å². The molecule has 0 aromatic heterocycles. The van der Waals surface area contributed by atoms with Crippen LogP contribution in [0.25, 0.3) is 0 Å². The molecule has 0 radical (unpaired) electrons. The monoisotopic (exact) mass is 433 g/mol. The number of allylic oxidation sites excluding steroid dienone is 1. The molecule has 1 heterocycles. The smallest absolute Gasteiger partial charge is 0.412 e. The summed E-state index contributed by atoms with van der Waals surface area (Å²) in [5, 5.41) is 16.5. The van der Waals surface area contributed by atoms with Crippen molar-refractivity contribution >= 4 is 23.6 Å². The van der Waals surface area contributed by atoms with Crippen LogP contribution in [0.3, 0.4) is 0 Å². The maximum Gasteiger partial charge on any atom is 0.412 e. The van der Waals surface area contributed by atoms with Crippen molar-refractivity contribution in [3.8, 4) is 0 Å². The third-order valence-electron chi connectivity index (χ3n) is 5.57. The number of nitrogens with one attached hydrogen (secondary N) is 4. The van der Waals surface area contributed by atoms with Gasteiger partial charge in [-0.1, -0.05) is 32.1 Å². The van der Waals surface area contributed by atoms with Crippen LogP contribution in [0.4, 0.5) is 4.79 Å². The van der Waals surface area contributed by atoms with Crippen molar-refractivity contribution in [3.05, 3.63) is 23.8 Å². The van der Waals surface area contributed by atoms with Gasteiger partial charge in [-0.3, -0.25) is 20.3 Å². The van der Waals surface area contributed by atoms with Gasteiger partial charge in [-0.15, -0.1) is 0 Å². The maximum atomic E-state index is 13.4. The Bertz CT molecular complexity index is 755. The minimum Gasteiger partial charge on any atom is -0.450 e. The molecular formula is C22H35N5O4. The predicted octanol–water partition coefficient (Wildman–Crippen LogP) is 1.39. The number of nitrogens with two attached hydrogens (primary N) is 1. The van der Waals surface area contributed by atoms with E-state index in [0.717, 1.165) is 19.4 Å². The van der Waals surface area contributed by atoms with Crippen LogP contribution in [-0.2, 0) is 14.3 Å². The molecule has 172 valence electrons. The molecule has 2 amide bonds. The van der Waals surface area contributed by atoms with Gasteiger partial charge in [-0.05, 0) is 45.1 Å². The van der Waals surface area contributed by atoms with Crippen LogP contribution in [-0.4, -0.2) is 55.4 Å². The zero-order chi connectivity index (χ0) is 23.0. The summed E-state index contributed by atoms with van der Waals surface area (Å²) in [5.41, 5.74) is 5.55. The van der Waals surface area contributed by atoms with Gasteiger partial charge in [0.1, 0.15) is 5.84 Å². The maximum absolute atomic E-state index is 13.4. The van der Waals surface area contributed by atoms with E-state index in [9.17, 15) is 14.4 Å². The van der Waals surface area contributed by atoms with Crippen molar-refractivity contribution in [2.75, 3.05) is 19.7 Å². The minimum atomic E-state index is -0.928. The van der Waals surface area contributed by atoms with E-state index >= 15 is 0 Å². The quantitative estimate of drug-likeness (QED) is 0.274. The van der Waals surface area contributed by atoms with Gasteiger partial charge >= 0.3 is 6.09 Å². The Labute approximate surface area is 183 Å². The van der Waals surface area contributed by atoms with E-state index < -0.39 is 17.6 Å².